The Kier molecular flexibility index (Phi) is 54.6. The third-order valence-electron chi connectivity index (χ3n) is 13.3. The van der Waals surface area contributed by atoms with Gasteiger partial charge < -0.3 is 20.3 Å². The van der Waals surface area contributed by atoms with Gasteiger partial charge in [0.1, 0.15) is 0 Å². The minimum absolute atomic E-state index is 0.0247. The Morgan fingerprint density at radius 3 is 1.15 bits per heavy atom. The molecule has 0 bridgehead atoms. The second-order valence-electron chi connectivity index (χ2n) is 20.0. The van der Waals surface area contributed by atoms with E-state index >= 15 is 0 Å². The van der Waals surface area contributed by atoms with Gasteiger partial charge in [-0.2, -0.15) is 0 Å². The van der Waals surface area contributed by atoms with E-state index in [0.717, 1.165) is 83.5 Å². The smallest absolute Gasteiger partial charge is 0.305 e. The number of aliphatic hydroxyl groups excluding tert-OH is 2. The zero-order chi connectivity index (χ0) is 48.6. The summed E-state index contributed by atoms with van der Waals surface area (Å²) in [7, 11) is 0. The highest BCUT2D eigenvalue weighted by atomic mass is 16.5. The van der Waals surface area contributed by atoms with Crippen molar-refractivity contribution >= 4 is 11.9 Å². The maximum atomic E-state index is 12.5. The van der Waals surface area contributed by atoms with Gasteiger partial charge in [0.05, 0.1) is 25.4 Å². The first-order chi connectivity index (χ1) is 33.0. The number of hydrogen-bond donors (Lipinski definition) is 3. The summed E-state index contributed by atoms with van der Waals surface area (Å²) < 4.78 is 5.45. The van der Waals surface area contributed by atoms with Crippen LogP contribution in [0, 0.1) is 0 Å². The predicted molar refractivity (Wildman–Crippen MR) is 292 cm³/mol. The second kappa shape index (κ2) is 56.4. The van der Waals surface area contributed by atoms with Crippen molar-refractivity contribution in [3.8, 4) is 0 Å². The summed E-state index contributed by atoms with van der Waals surface area (Å²) in [5.41, 5.74) is 0. The number of carbonyl (C=O) groups is 2. The standard InChI is InChI=1S/C61H113NO5/c1-3-5-7-9-11-13-15-17-19-20-22-26-29-33-37-41-45-49-53-59(64)58(57-63)62-60(65)54-50-46-42-38-34-30-27-23-21-24-28-32-36-40-44-48-52-56-67-61(66)55-51-47-43-39-35-31-25-18-16-14-12-10-8-6-4-2/h18,21,24-25,32,36,49,53,58-59,63-64H,3-17,19-20,22-23,26-31,33-35,37-48,50-52,54-57H2,1-2H3,(H,62,65)/b24-21-,25-18-,36-32-,53-49+. The van der Waals surface area contributed by atoms with E-state index in [1.54, 1.807) is 6.08 Å². The van der Waals surface area contributed by atoms with Crippen LogP contribution in [0.3, 0.4) is 0 Å². The Labute approximate surface area is 416 Å². The normalized spacial score (nSPS) is 13.0. The number of allylic oxidation sites excluding steroid dienone is 7. The fraction of sp³-hybridized carbons (Fsp3) is 0.836. The summed E-state index contributed by atoms with van der Waals surface area (Å²) in [6.45, 7) is 4.86. The van der Waals surface area contributed by atoms with Gasteiger partial charge in [0.25, 0.3) is 0 Å². The first-order valence-corrected chi connectivity index (χ1v) is 29.4. The van der Waals surface area contributed by atoms with E-state index < -0.39 is 12.1 Å². The molecule has 0 aliphatic carbocycles. The van der Waals surface area contributed by atoms with Crippen molar-refractivity contribution in [1.29, 1.82) is 0 Å². The van der Waals surface area contributed by atoms with Gasteiger partial charge in [-0.15, -0.1) is 0 Å². The first kappa shape index (κ1) is 64.8. The molecular formula is C61H113NO5. The fourth-order valence-electron chi connectivity index (χ4n) is 8.78. The molecule has 1 amide bonds. The lowest BCUT2D eigenvalue weighted by Gasteiger charge is -2.20. The third kappa shape index (κ3) is 53.0. The number of carbonyl (C=O) groups excluding carboxylic acids is 2. The van der Waals surface area contributed by atoms with Gasteiger partial charge in [-0.3, -0.25) is 9.59 Å². The van der Waals surface area contributed by atoms with Crippen LogP contribution in [-0.2, 0) is 14.3 Å². The summed E-state index contributed by atoms with van der Waals surface area (Å²) in [4.78, 5) is 24.5. The van der Waals surface area contributed by atoms with Crippen LogP contribution in [0.15, 0.2) is 48.6 Å². The fourth-order valence-corrected chi connectivity index (χ4v) is 8.78. The molecule has 0 aliphatic heterocycles. The van der Waals surface area contributed by atoms with Crippen LogP contribution < -0.4 is 5.32 Å². The number of esters is 1. The van der Waals surface area contributed by atoms with Gasteiger partial charge in [0.15, 0.2) is 0 Å². The van der Waals surface area contributed by atoms with Crippen molar-refractivity contribution in [2.75, 3.05) is 13.2 Å². The highest BCUT2D eigenvalue weighted by Crippen LogP contribution is 2.16. The van der Waals surface area contributed by atoms with Crippen molar-refractivity contribution in [2.45, 2.75) is 315 Å². The van der Waals surface area contributed by atoms with Gasteiger partial charge in [0.2, 0.25) is 5.91 Å². The number of hydrogen-bond acceptors (Lipinski definition) is 5. The molecular weight excluding hydrogens is 827 g/mol. The van der Waals surface area contributed by atoms with Crippen LogP contribution in [0.1, 0.15) is 303 Å². The highest BCUT2D eigenvalue weighted by Gasteiger charge is 2.18. The van der Waals surface area contributed by atoms with Crippen LogP contribution in [0.25, 0.3) is 0 Å². The largest absolute Gasteiger partial charge is 0.466 e. The molecule has 3 N–H and O–H groups in total. The summed E-state index contributed by atoms with van der Waals surface area (Å²) in [6, 6.07) is -0.641. The Hall–Kier alpha value is -2.18. The van der Waals surface area contributed by atoms with Gasteiger partial charge in [-0.05, 0) is 96.3 Å². The topological polar surface area (TPSA) is 95.9 Å². The second-order valence-corrected chi connectivity index (χ2v) is 20.0. The molecule has 0 heterocycles. The number of amides is 1. The van der Waals surface area contributed by atoms with Crippen LogP contribution >= 0.6 is 0 Å². The number of unbranched alkanes of at least 4 members (excludes halogenated alkanes) is 37. The molecule has 2 unspecified atom stereocenters. The van der Waals surface area contributed by atoms with Crippen LogP contribution in [0.2, 0.25) is 0 Å². The molecule has 0 radical (unpaired) electrons. The van der Waals surface area contributed by atoms with Crippen LogP contribution in [0.4, 0.5) is 0 Å². The predicted octanol–water partition coefficient (Wildman–Crippen LogP) is 18.2. The van der Waals surface area contributed by atoms with E-state index in [1.165, 1.54) is 193 Å². The van der Waals surface area contributed by atoms with Crippen molar-refractivity contribution < 1.29 is 24.5 Å². The molecule has 0 spiro atoms. The lowest BCUT2D eigenvalue weighted by Crippen LogP contribution is -2.45. The quantitative estimate of drug-likeness (QED) is 0.0321. The van der Waals surface area contributed by atoms with Gasteiger partial charge in [-0.1, -0.05) is 242 Å². The Morgan fingerprint density at radius 1 is 0.418 bits per heavy atom. The third-order valence-corrected chi connectivity index (χ3v) is 13.3. The average molecular weight is 941 g/mol. The molecule has 0 rings (SSSR count). The maximum absolute atomic E-state index is 12.5. The minimum Gasteiger partial charge on any atom is -0.466 e. The summed E-state index contributed by atoms with van der Waals surface area (Å²) in [5.74, 6) is -0.108. The van der Waals surface area contributed by atoms with E-state index in [4.69, 9.17) is 4.74 Å². The molecule has 6 nitrogen and oxygen atoms in total. The molecule has 392 valence electrons. The molecule has 0 aromatic heterocycles. The van der Waals surface area contributed by atoms with Gasteiger partial charge in [0, 0.05) is 12.8 Å². The molecule has 2 atom stereocenters. The van der Waals surface area contributed by atoms with Crippen LogP contribution in [0.5, 0.6) is 0 Å². The SMILES string of the molecule is CCCCCCCC/C=C\CCCCCCCC(=O)OCCCCC/C=C\C/C=C\CCCCCCCCCC(=O)NC(CO)C(O)/C=C/CCCCCCCCCCCCCCCCCC. The lowest BCUT2D eigenvalue weighted by atomic mass is 10.0. The zero-order valence-electron chi connectivity index (χ0n) is 44.6. The summed E-state index contributed by atoms with van der Waals surface area (Å²) in [5, 5.41) is 23.1. The molecule has 0 saturated heterocycles. The van der Waals surface area contributed by atoms with E-state index in [-0.39, 0.29) is 18.5 Å². The van der Waals surface area contributed by atoms with Gasteiger partial charge >= 0.3 is 5.97 Å². The van der Waals surface area contributed by atoms with Gasteiger partial charge in [-0.25, -0.2) is 0 Å². The number of rotatable bonds is 54. The van der Waals surface area contributed by atoms with Crippen LogP contribution in [-0.4, -0.2) is 47.4 Å². The number of nitrogens with one attached hydrogen (secondary N) is 1. The van der Waals surface area contributed by atoms with E-state index in [0.29, 0.717) is 19.4 Å². The number of ether oxygens (including phenoxy) is 1. The maximum Gasteiger partial charge on any atom is 0.305 e. The Morgan fingerprint density at radius 2 is 0.746 bits per heavy atom. The van der Waals surface area contributed by atoms with Crippen molar-refractivity contribution in [1.82, 2.24) is 5.32 Å². The minimum atomic E-state index is -0.856. The molecule has 6 heteroatoms. The van der Waals surface area contributed by atoms with Crippen molar-refractivity contribution in [3.05, 3.63) is 48.6 Å². The molecule has 67 heavy (non-hydrogen) atoms. The Balaban J connectivity index is 3.54. The van der Waals surface area contributed by atoms with E-state index in [2.05, 4.69) is 55.6 Å². The summed E-state index contributed by atoms with van der Waals surface area (Å²) >= 11 is 0. The molecule has 0 fully saturated rings. The highest BCUT2D eigenvalue weighted by molar-refractivity contribution is 5.76. The molecule has 0 aromatic rings. The monoisotopic (exact) mass is 940 g/mol. The summed E-state index contributed by atoms with van der Waals surface area (Å²) in [6.07, 6.45) is 71.3. The molecule has 0 saturated carbocycles. The van der Waals surface area contributed by atoms with Crippen molar-refractivity contribution in [2.24, 2.45) is 0 Å². The van der Waals surface area contributed by atoms with Crippen molar-refractivity contribution in [3.63, 3.8) is 0 Å². The Bertz CT molecular complexity index is 1130. The lowest BCUT2D eigenvalue weighted by molar-refractivity contribution is -0.143. The zero-order valence-corrected chi connectivity index (χ0v) is 44.6. The first-order valence-electron chi connectivity index (χ1n) is 29.4. The van der Waals surface area contributed by atoms with E-state index in [1.807, 2.05) is 6.08 Å². The molecule has 0 aliphatic rings. The number of aliphatic hydroxyl groups is 2. The van der Waals surface area contributed by atoms with E-state index in [9.17, 15) is 19.8 Å². The molecule has 0 aromatic carbocycles. The average Bonchev–Trinajstić information content (AvgIpc) is 3.33.